The Labute approximate surface area is 102 Å². The quantitative estimate of drug-likeness (QED) is 0.430. The Morgan fingerprint density at radius 2 is 2.33 bits per heavy atom. The van der Waals surface area contributed by atoms with Crippen molar-refractivity contribution in [1.29, 1.82) is 0 Å². The third-order valence-corrected chi connectivity index (χ3v) is 2.07. The maximum absolute atomic E-state index is 11.5. The minimum atomic E-state index is -0.784. The highest BCUT2D eigenvalue weighted by molar-refractivity contribution is 5.83. The predicted molar refractivity (Wildman–Crippen MR) is 58.5 cm³/mol. The summed E-state index contributed by atoms with van der Waals surface area (Å²) in [6.45, 7) is 1.25. The molecule has 1 heterocycles. The SMILES string of the molecule is COC(=O)C(C)NC(=O)Cn1cc([N+](=O)[O-])cn1. The molecular weight excluding hydrogens is 244 g/mol. The van der Waals surface area contributed by atoms with E-state index in [1.807, 2.05) is 0 Å². The zero-order valence-corrected chi connectivity index (χ0v) is 9.82. The third kappa shape index (κ3) is 3.54. The van der Waals surface area contributed by atoms with Crippen molar-refractivity contribution in [3.05, 3.63) is 22.5 Å². The summed E-state index contributed by atoms with van der Waals surface area (Å²) in [5, 5.41) is 16.4. The second-order valence-electron chi connectivity index (χ2n) is 3.47. The van der Waals surface area contributed by atoms with E-state index in [0.717, 1.165) is 17.1 Å². The summed E-state index contributed by atoms with van der Waals surface area (Å²) in [5.74, 6) is -1.07. The van der Waals surface area contributed by atoms with Gasteiger partial charge in [-0.3, -0.25) is 19.6 Å². The molecule has 18 heavy (non-hydrogen) atoms. The van der Waals surface area contributed by atoms with Crippen molar-refractivity contribution in [3.8, 4) is 0 Å². The van der Waals surface area contributed by atoms with Crippen molar-refractivity contribution < 1.29 is 19.2 Å². The number of methoxy groups -OCH3 is 1. The first-order chi connectivity index (χ1) is 8.43. The van der Waals surface area contributed by atoms with Crippen molar-refractivity contribution >= 4 is 17.6 Å². The topological polar surface area (TPSA) is 116 Å². The van der Waals surface area contributed by atoms with Crippen LogP contribution in [0.1, 0.15) is 6.92 Å². The van der Waals surface area contributed by atoms with Gasteiger partial charge in [0, 0.05) is 0 Å². The molecule has 1 unspecified atom stereocenters. The zero-order chi connectivity index (χ0) is 13.7. The highest BCUT2D eigenvalue weighted by atomic mass is 16.6. The molecule has 9 heteroatoms. The van der Waals surface area contributed by atoms with Gasteiger partial charge >= 0.3 is 11.7 Å². The van der Waals surface area contributed by atoms with Gasteiger partial charge in [0.1, 0.15) is 25.0 Å². The first-order valence-electron chi connectivity index (χ1n) is 4.98. The Balaban J connectivity index is 2.54. The van der Waals surface area contributed by atoms with E-state index in [4.69, 9.17) is 0 Å². The summed E-state index contributed by atoms with van der Waals surface area (Å²) >= 11 is 0. The van der Waals surface area contributed by atoms with E-state index >= 15 is 0 Å². The van der Waals surface area contributed by atoms with E-state index in [2.05, 4.69) is 15.2 Å². The molecule has 98 valence electrons. The van der Waals surface area contributed by atoms with Crippen LogP contribution in [-0.4, -0.2) is 39.7 Å². The molecule has 1 rings (SSSR count). The highest BCUT2D eigenvalue weighted by Crippen LogP contribution is 2.07. The number of nitro groups is 1. The molecule has 0 aliphatic rings. The predicted octanol–water partition coefficient (Wildman–Crippen LogP) is -0.531. The number of aromatic nitrogens is 2. The Bertz CT molecular complexity index is 469. The molecule has 0 aliphatic carbocycles. The van der Waals surface area contributed by atoms with Gasteiger partial charge in [-0.15, -0.1) is 0 Å². The Morgan fingerprint density at radius 1 is 1.67 bits per heavy atom. The fraction of sp³-hybridized carbons (Fsp3) is 0.444. The van der Waals surface area contributed by atoms with E-state index in [1.54, 1.807) is 0 Å². The highest BCUT2D eigenvalue weighted by Gasteiger charge is 2.17. The standard InChI is InChI=1S/C9H12N4O5/c1-6(9(15)18-2)11-8(14)5-12-4-7(3-10-12)13(16)17/h3-4,6H,5H2,1-2H3,(H,11,14). The zero-order valence-electron chi connectivity index (χ0n) is 9.82. The Kier molecular flexibility index (Phi) is 4.35. The van der Waals surface area contributed by atoms with Crippen LogP contribution in [0.25, 0.3) is 0 Å². The molecule has 0 saturated heterocycles. The molecule has 0 spiro atoms. The fourth-order valence-corrected chi connectivity index (χ4v) is 1.20. The molecule has 0 aromatic carbocycles. The lowest BCUT2D eigenvalue weighted by Crippen LogP contribution is -2.40. The molecule has 1 atom stereocenters. The van der Waals surface area contributed by atoms with E-state index in [9.17, 15) is 19.7 Å². The number of rotatable bonds is 5. The van der Waals surface area contributed by atoms with Crippen LogP contribution in [0.2, 0.25) is 0 Å². The first-order valence-corrected chi connectivity index (χ1v) is 4.98. The lowest BCUT2D eigenvalue weighted by Gasteiger charge is -2.11. The van der Waals surface area contributed by atoms with Gasteiger partial charge in [0.15, 0.2) is 0 Å². The molecule has 0 radical (unpaired) electrons. The second kappa shape index (κ2) is 5.75. The molecule has 0 bridgehead atoms. The van der Waals surface area contributed by atoms with Crippen LogP contribution in [-0.2, 0) is 20.9 Å². The molecule has 0 aliphatic heterocycles. The van der Waals surface area contributed by atoms with Crippen molar-refractivity contribution in [2.45, 2.75) is 19.5 Å². The number of nitrogens with one attached hydrogen (secondary N) is 1. The van der Waals surface area contributed by atoms with Gasteiger partial charge < -0.3 is 10.1 Å². The van der Waals surface area contributed by atoms with Crippen molar-refractivity contribution in [2.24, 2.45) is 0 Å². The molecule has 9 nitrogen and oxygen atoms in total. The number of esters is 1. The van der Waals surface area contributed by atoms with Gasteiger partial charge in [0.25, 0.3) is 0 Å². The van der Waals surface area contributed by atoms with E-state index in [1.165, 1.54) is 14.0 Å². The van der Waals surface area contributed by atoms with E-state index < -0.39 is 22.8 Å². The second-order valence-corrected chi connectivity index (χ2v) is 3.47. The van der Waals surface area contributed by atoms with Crippen molar-refractivity contribution in [3.63, 3.8) is 0 Å². The number of amides is 1. The van der Waals surface area contributed by atoms with Crippen LogP contribution in [0.15, 0.2) is 12.4 Å². The number of nitrogens with zero attached hydrogens (tertiary/aromatic N) is 3. The van der Waals surface area contributed by atoms with Gasteiger partial charge in [-0.05, 0) is 6.92 Å². The summed E-state index contributed by atoms with van der Waals surface area (Å²) < 4.78 is 5.54. The molecule has 0 fully saturated rings. The van der Waals surface area contributed by atoms with Crippen LogP contribution in [0.5, 0.6) is 0 Å². The van der Waals surface area contributed by atoms with Crippen molar-refractivity contribution in [2.75, 3.05) is 7.11 Å². The number of hydrogen-bond donors (Lipinski definition) is 1. The average Bonchev–Trinajstić information content (AvgIpc) is 2.76. The monoisotopic (exact) mass is 256 g/mol. The summed E-state index contributed by atoms with van der Waals surface area (Å²) in [7, 11) is 1.21. The average molecular weight is 256 g/mol. The van der Waals surface area contributed by atoms with Crippen LogP contribution in [0.3, 0.4) is 0 Å². The summed E-state index contributed by atoms with van der Waals surface area (Å²) in [6, 6.07) is -0.784. The normalized spacial score (nSPS) is 11.7. The Hall–Kier alpha value is -2.45. The van der Waals surface area contributed by atoms with Gasteiger partial charge in [-0.25, -0.2) is 4.79 Å². The number of hydrogen-bond acceptors (Lipinski definition) is 6. The molecular formula is C9H12N4O5. The van der Waals surface area contributed by atoms with E-state index in [0.29, 0.717) is 0 Å². The molecule has 1 amide bonds. The minimum absolute atomic E-state index is 0.205. The summed E-state index contributed by atoms with van der Waals surface area (Å²) in [5.41, 5.74) is -0.205. The maximum Gasteiger partial charge on any atom is 0.328 e. The maximum atomic E-state index is 11.5. The Morgan fingerprint density at radius 3 is 2.83 bits per heavy atom. The first kappa shape index (κ1) is 13.6. The van der Waals surface area contributed by atoms with Gasteiger partial charge in [0.2, 0.25) is 5.91 Å². The van der Waals surface area contributed by atoms with E-state index in [-0.39, 0.29) is 12.2 Å². The fourth-order valence-electron chi connectivity index (χ4n) is 1.20. The van der Waals surface area contributed by atoms with Crippen LogP contribution >= 0.6 is 0 Å². The van der Waals surface area contributed by atoms with Crippen LogP contribution < -0.4 is 5.32 Å². The van der Waals surface area contributed by atoms with Gasteiger partial charge in [0.05, 0.1) is 12.0 Å². The minimum Gasteiger partial charge on any atom is -0.467 e. The van der Waals surface area contributed by atoms with Crippen LogP contribution in [0, 0.1) is 10.1 Å². The summed E-state index contributed by atoms with van der Waals surface area (Å²) in [4.78, 5) is 32.3. The van der Waals surface area contributed by atoms with Gasteiger partial charge in [-0.1, -0.05) is 0 Å². The molecule has 1 N–H and O–H groups in total. The summed E-state index contributed by atoms with van der Waals surface area (Å²) in [6.07, 6.45) is 2.17. The lowest BCUT2D eigenvalue weighted by molar-refractivity contribution is -0.385. The smallest absolute Gasteiger partial charge is 0.328 e. The molecule has 0 saturated carbocycles. The van der Waals surface area contributed by atoms with Crippen molar-refractivity contribution in [1.82, 2.24) is 15.1 Å². The van der Waals surface area contributed by atoms with Gasteiger partial charge in [-0.2, -0.15) is 5.10 Å². The third-order valence-electron chi connectivity index (χ3n) is 2.07. The molecule has 1 aromatic rings. The number of ether oxygens (including phenoxy) is 1. The lowest BCUT2D eigenvalue weighted by atomic mass is 10.3. The largest absolute Gasteiger partial charge is 0.467 e. The van der Waals surface area contributed by atoms with Crippen LogP contribution in [0.4, 0.5) is 5.69 Å². The number of carbonyl (C=O) groups is 2. The number of carbonyl (C=O) groups excluding carboxylic acids is 2. The molecule has 1 aromatic heterocycles.